The Morgan fingerprint density at radius 2 is 2.33 bits per heavy atom. The van der Waals surface area contributed by atoms with Crippen LogP contribution >= 0.6 is 0 Å². The number of hydrogen-bond acceptors (Lipinski definition) is 1. The van der Waals surface area contributed by atoms with E-state index >= 15 is 0 Å². The van der Waals surface area contributed by atoms with Crippen molar-refractivity contribution in [1.29, 1.82) is 0 Å². The lowest BCUT2D eigenvalue weighted by Gasteiger charge is -2.23. The molecule has 1 heterocycles. The third kappa shape index (κ3) is 1.78. The van der Waals surface area contributed by atoms with Gasteiger partial charge >= 0.3 is 0 Å². The summed E-state index contributed by atoms with van der Waals surface area (Å²) in [6.45, 7) is 1.52. The molecule has 0 aliphatic heterocycles. The highest BCUT2D eigenvalue weighted by molar-refractivity contribution is 5.85. The Morgan fingerprint density at radius 3 is 3.11 bits per heavy atom. The first-order valence-electron chi connectivity index (χ1n) is 6.22. The van der Waals surface area contributed by atoms with Crippen LogP contribution in [0.25, 0.3) is 10.9 Å². The van der Waals surface area contributed by atoms with E-state index in [1.807, 2.05) is 0 Å². The lowest BCUT2D eigenvalue weighted by Crippen LogP contribution is -2.28. The molecule has 4 heteroatoms. The van der Waals surface area contributed by atoms with Crippen LogP contribution in [0, 0.1) is 5.82 Å². The van der Waals surface area contributed by atoms with Crippen molar-refractivity contribution in [3.8, 4) is 0 Å². The molecule has 94 valence electrons. The Kier molecular flexibility index (Phi) is 2.58. The van der Waals surface area contributed by atoms with Crippen LogP contribution in [0.15, 0.2) is 18.2 Å². The van der Waals surface area contributed by atoms with Gasteiger partial charge in [-0.3, -0.25) is 4.79 Å². The van der Waals surface area contributed by atoms with Crippen molar-refractivity contribution in [2.45, 2.75) is 32.2 Å². The van der Waals surface area contributed by atoms with Gasteiger partial charge in [-0.05, 0) is 43.0 Å². The lowest BCUT2D eigenvalue weighted by atomic mass is 9.91. The number of rotatable bonds is 1. The summed E-state index contributed by atoms with van der Waals surface area (Å²) in [4.78, 5) is 14.5. The first-order valence-corrected chi connectivity index (χ1v) is 6.22. The number of aromatic nitrogens is 1. The molecule has 0 unspecified atom stereocenters. The topological polar surface area (TPSA) is 44.9 Å². The molecule has 0 spiro atoms. The van der Waals surface area contributed by atoms with Crippen LogP contribution in [0.2, 0.25) is 0 Å². The maximum absolute atomic E-state index is 13.3. The van der Waals surface area contributed by atoms with E-state index in [0.29, 0.717) is 0 Å². The number of amides is 1. The molecule has 1 amide bonds. The Hall–Kier alpha value is -1.84. The summed E-state index contributed by atoms with van der Waals surface area (Å²) in [6, 6.07) is 4.81. The van der Waals surface area contributed by atoms with Crippen molar-refractivity contribution in [3.63, 3.8) is 0 Å². The van der Waals surface area contributed by atoms with E-state index in [9.17, 15) is 9.18 Å². The van der Waals surface area contributed by atoms with Gasteiger partial charge in [0.2, 0.25) is 5.91 Å². The predicted molar refractivity (Wildman–Crippen MR) is 67.8 cm³/mol. The fraction of sp³-hybridized carbons (Fsp3) is 0.357. The highest BCUT2D eigenvalue weighted by Gasteiger charge is 2.24. The molecule has 0 fully saturated rings. The number of carbonyl (C=O) groups excluding carboxylic acids is 1. The minimum Gasteiger partial charge on any atom is -0.356 e. The van der Waals surface area contributed by atoms with Crippen LogP contribution in [0.1, 0.15) is 37.1 Å². The summed E-state index contributed by atoms with van der Waals surface area (Å²) in [7, 11) is 0. The molecule has 18 heavy (non-hydrogen) atoms. The molecular weight excluding hydrogens is 231 g/mol. The quantitative estimate of drug-likeness (QED) is 0.798. The summed E-state index contributed by atoms with van der Waals surface area (Å²) in [6.07, 6.45) is 2.89. The van der Waals surface area contributed by atoms with Gasteiger partial charge in [-0.1, -0.05) is 0 Å². The predicted octanol–water partition coefficient (Wildman–Crippen LogP) is 2.82. The summed E-state index contributed by atoms with van der Waals surface area (Å²) in [5, 5.41) is 3.89. The highest BCUT2D eigenvalue weighted by atomic mass is 19.1. The van der Waals surface area contributed by atoms with E-state index in [1.165, 1.54) is 13.0 Å². The fourth-order valence-electron chi connectivity index (χ4n) is 2.82. The molecular formula is C14H15FN2O. The number of aryl methyl sites for hydroxylation is 1. The minimum atomic E-state index is -0.217. The average molecular weight is 246 g/mol. The molecule has 1 aromatic heterocycles. The van der Waals surface area contributed by atoms with Gasteiger partial charge < -0.3 is 10.3 Å². The zero-order chi connectivity index (χ0) is 12.7. The van der Waals surface area contributed by atoms with Crippen molar-refractivity contribution < 1.29 is 9.18 Å². The van der Waals surface area contributed by atoms with Crippen molar-refractivity contribution in [2.75, 3.05) is 0 Å². The Labute approximate surface area is 104 Å². The normalized spacial score (nSPS) is 18.7. The maximum atomic E-state index is 13.3. The summed E-state index contributed by atoms with van der Waals surface area (Å²) in [5.74, 6) is -0.247. The van der Waals surface area contributed by atoms with Crippen molar-refractivity contribution in [1.82, 2.24) is 10.3 Å². The first kappa shape index (κ1) is 11.3. The average Bonchev–Trinajstić information content (AvgIpc) is 2.68. The van der Waals surface area contributed by atoms with E-state index in [-0.39, 0.29) is 17.8 Å². The van der Waals surface area contributed by atoms with Gasteiger partial charge in [-0.15, -0.1) is 0 Å². The maximum Gasteiger partial charge on any atom is 0.217 e. The molecule has 1 aromatic carbocycles. The molecule has 0 saturated heterocycles. The number of aromatic amines is 1. The number of halogens is 1. The van der Waals surface area contributed by atoms with Crippen molar-refractivity contribution in [3.05, 3.63) is 35.3 Å². The molecule has 1 aliphatic rings. The Morgan fingerprint density at radius 1 is 1.50 bits per heavy atom. The summed E-state index contributed by atoms with van der Waals surface area (Å²) >= 11 is 0. The minimum absolute atomic E-state index is 0.0294. The first-order chi connectivity index (χ1) is 8.65. The van der Waals surface area contributed by atoms with Gasteiger partial charge in [0.15, 0.2) is 0 Å². The fourth-order valence-corrected chi connectivity index (χ4v) is 2.82. The van der Waals surface area contributed by atoms with Gasteiger partial charge in [-0.25, -0.2) is 4.39 Å². The van der Waals surface area contributed by atoms with Gasteiger partial charge in [0, 0.05) is 23.5 Å². The molecule has 0 saturated carbocycles. The van der Waals surface area contributed by atoms with E-state index in [1.54, 1.807) is 12.1 Å². The largest absolute Gasteiger partial charge is 0.356 e. The van der Waals surface area contributed by atoms with Crippen molar-refractivity contribution >= 4 is 16.8 Å². The Bertz CT molecular complexity index is 618. The van der Waals surface area contributed by atoms with E-state index < -0.39 is 0 Å². The van der Waals surface area contributed by atoms with E-state index in [2.05, 4.69) is 10.3 Å². The van der Waals surface area contributed by atoms with Gasteiger partial charge in [0.25, 0.3) is 0 Å². The zero-order valence-electron chi connectivity index (χ0n) is 10.2. The third-order valence-corrected chi connectivity index (χ3v) is 3.55. The number of nitrogens with one attached hydrogen (secondary N) is 2. The second-order valence-electron chi connectivity index (χ2n) is 4.85. The van der Waals surface area contributed by atoms with Crippen LogP contribution in [0.5, 0.6) is 0 Å². The zero-order valence-corrected chi connectivity index (χ0v) is 10.2. The second kappa shape index (κ2) is 4.12. The van der Waals surface area contributed by atoms with Crippen LogP contribution in [0.3, 0.4) is 0 Å². The highest BCUT2D eigenvalue weighted by Crippen LogP contribution is 2.34. The molecule has 0 radical (unpaired) electrons. The van der Waals surface area contributed by atoms with Crippen LogP contribution in [0.4, 0.5) is 4.39 Å². The molecule has 3 rings (SSSR count). The number of carbonyl (C=O) groups is 1. The van der Waals surface area contributed by atoms with E-state index in [0.717, 1.165) is 41.4 Å². The molecule has 2 N–H and O–H groups in total. The van der Waals surface area contributed by atoms with Gasteiger partial charge in [-0.2, -0.15) is 0 Å². The van der Waals surface area contributed by atoms with Crippen LogP contribution < -0.4 is 5.32 Å². The standard InChI is InChI=1S/C14H15FN2O/c1-8(18)16-13-4-2-3-10-11-7-9(15)5-6-12(11)17-14(10)13/h5-7,13,17H,2-4H2,1H3,(H,16,18)/t13-/m1/s1. The molecule has 2 aromatic rings. The van der Waals surface area contributed by atoms with Gasteiger partial charge in [0.1, 0.15) is 5.82 Å². The number of H-pyrrole nitrogens is 1. The van der Waals surface area contributed by atoms with Crippen LogP contribution in [-0.4, -0.2) is 10.9 Å². The molecule has 1 atom stereocenters. The van der Waals surface area contributed by atoms with E-state index in [4.69, 9.17) is 0 Å². The molecule has 3 nitrogen and oxygen atoms in total. The Balaban J connectivity index is 2.12. The molecule has 1 aliphatic carbocycles. The van der Waals surface area contributed by atoms with Crippen molar-refractivity contribution in [2.24, 2.45) is 0 Å². The third-order valence-electron chi connectivity index (χ3n) is 3.55. The number of hydrogen-bond donors (Lipinski definition) is 2. The smallest absolute Gasteiger partial charge is 0.217 e. The SMILES string of the molecule is CC(=O)N[C@@H]1CCCc2c1[nH]c1ccc(F)cc21. The molecule has 0 bridgehead atoms. The lowest BCUT2D eigenvalue weighted by molar-refractivity contribution is -0.119. The number of benzene rings is 1. The summed E-state index contributed by atoms with van der Waals surface area (Å²) in [5.41, 5.74) is 3.13. The number of fused-ring (bicyclic) bond motifs is 3. The monoisotopic (exact) mass is 246 g/mol. The van der Waals surface area contributed by atoms with Crippen LogP contribution in [-0.2, 0) is 11.2 Å². The second-order valence-corrected chi connectivity index (χ2v) is 4.85. The summed E-state index contributed by atoms with van der Waals surface area (Å²) < 4.78 is 13.3. The van der Waals surface area contributed by atoms with Gasteiger partial charge in [0.05, 0.1) is 6.04 Å².